The van der Waals surface area contributed by atoms with Crippen molar-refractivity contribution < 1.29 is 13.6 Å². The van der Waals surface area contributed by atoms with E-state index in [1.807, 2.05) is 0 Å². The number of aryl methyl sites for hydroxylation is 2. The molecule has 0 atom stereocenters. The summed E-state index contributed by atoms with van der Waals surface area (Å²) in [6.07, 6.45) is 0. The molecule has 0 unspecified atom stereocenters. The highest BCUT2D eigenvalue weighted by atomic mass is 35.5. The normalized spacial score (nSPS) is 10.9. The molecule has 0 aliphatic carbocycles. The van der Waals surface area contributed by atoms with Gasteiger partial charge in [0.05, 0.1) is 15.5 Å². The maximum absolute atomic E-state index is 12.1. The van der Waals surface area contributed by atoms with Crippen LogP contribution >= 0.6 is 34.5 Å². The molecule has 0 aromatic carbocycles. The van der Waals surface area contributed by atoms with E-state index in [-0.39, 0.29) is 17.8 Å². The Morgan fingerprint density at radius 3 is 2.59 bits per heavy atom. The van der Waals surface area contributed by atoms with Crippen molar-refractivity contribution in [3.05, 3.63) is 37.9 Å². The van der Waals surface area contributed by atoms with Gasteiger partial charge in [-0.1, -0.05) is 28.3 Å². The molecule has 0 aliphatic heterocycles. The molecular weight excluding hydrogens is 349 g/mol. The van der Waals surface area contributed by atoms with Gasteiger partial charge < -0.3 is 8.83 Å². The number of rotatable bonds is 3. The Kier molecular flexibility index (Phi) is 3.94. The lowest BCUT2D eigenvalue weighted by Crippen LogP contribution is -2.12. The van der Waals surface area contributed by atoms with E-state index in [9.17, 15) is 4.79 Å². The van der Waals surface area contributed by atoms with Gasteiger partial charge in [-0.25, -0.2) is 0 Å². The molecule has 1 amide bonds. The van der Waals surface area contributed by atoms with Crippen LogP contribution < -0.4 is 5.32 Å². The molecule has 0 aliphatic rings. The molecule has 1 N–H and O–H groups in total. The molecule has 6 nitrogen and oxygen atoms in total. The second-order valence-corrected chi connectivity index (χ2v) is 6.72. The Morgan fingerprint density at radius 2 is 2.00 bits per heavy atom. The minimum Gasteiger partial charge on any atom is -0.466 e. The molecule has 22 heavy (non-hydrogen) atoms. The van der Waals surface area contributed by atoms with Gasteiger partial charge in [-0.15, -0.1) is 16.4 Å². The van der Waals surface area contributed by atoms with Crippen LogP contribution in [0.25, 0.3) is 11.5 Å². The second kappa shape index (κ2) is 5.75. The number of halogens is 2. The number of nitrogens with one attached hydrogen (secondary N) is 1. The van der Waals surface area contributed by atoms with Crippen LogP contribution in [0.5, 0.6) is 0 Å². The van der Waals surface area contributed by atoms with E-state index in [1.165, 1.54) is 11.3 Å². The zero-order valence-electron chi connectivity index (χ0n) is 11.4. The Hall–Kier alpha value is -1.83. The smallest absolute Gasteiger partial charge is 0.322 e. The van der Waals surface area contributed by atoms with Crippen molar-refractivity contribution in [2.75, 3.05) is 5.32 Å². The Balaban J connectivity index is 1.81. The number of carbonyl (C=O) groups is 1. The van der Waals surface area contributed by atoms with Gasteiger partial charge in [-0.05, 0) is 26.0 Å². The van der Waals surface area contributed by atoms with Gasteiger partial charge >= 0.3 is 6.01 Å². The fraction of sp³-hybridized carbons (Fsp3) is 0.154. The number of nitrogens with zero attached hydrogens (tertiary/aromatic N) is 2. The van der Waals surface area contributed by atoms with Crippen LogP contribution in [0.15, 0.2) is 21.0 Å². The molecule has 9 heteroatoms. The van der Waals surface area contributed by atoms with Crippen LogP contribution in [0, 0.1) is 13.8 Å². The summed E-state index contributed by atoms with van der Waals surface area (Å²) in [6.45, 7) is 3.46. The van der Waals surface area contributed by atoms with E-state index in [2.05, 4.69) is 15.5 Å². The van der Waals surface area contributed by atoms with Crippen LogP contribution in [-0.2, 0) is 0 Å². The van der Waals surface area contributed by atoms with Crippen molar-refractivity contribution >= 4 is 46.5 Å². The van der Waals surface area contributed by atoms with Crippen LogP contribution in [0.1, 0.15) is 21.9 Å². The van der Waals surface area contributed by atoms with Gasteiger partial charge in [0.15, 0.2) is 0 Å². The van der Waals surface area contributed by atoms with Gasteiger partial charge in [-0.2, -0.15) is 0 Å². The molecule has 0 spiro atoms. The third-order valence-electron chi connectivity index (χ3n) is 2.82. The molecule has 3 aromatic heterocycles. The summed E-state index contributed by atoms with van der Waals surface area (Å²) in [5.41, 5.74) is 0.939. The highest BCUT2D eigenvalue weighted by Gasteiger charge is 2.19. The number of carbonyl (C=O) groups excluding carboxylic acids is 1. The van der Waals surface area contributed by atoms with E-state index in [1.54, 1.807) is 26.0 Å². The number of anilines is 1. The van der Waals surface area contributed by atoms with Gasteiger partial charge in [-0.3, -0.25) is 10.1 Å². The van der Waals surface area contributed by atoms with Crippen molar-refractivity contribution in [1.29, 1.82) is 0 Å². The highest BCUT2D eigenvalue weighted by Crippen LogP contribution is 2.37. The van der Waals surface area contributed by atoms with E-state index in [0.717, 1.165) is 0 Å². The van der Waals surface area contributed by atoms with E-state index in [0.29, 0.717) is 31.3 Å². The van der Waals surface area contributed by atoms with Crippen molar-refractivity contribution in [2.24, 2.45) is 0 Å². The summed E-state index contributed by atoms with van der Waals surface area (Å²) in [6, 6.07) is 3.23. The predicted octanol–water partition coefficient (Wildman–Crippen LogP) is 4.57. The van der Waals surface area contributed by atoms with Crippen molar-refractivity contribution in [1.82, 2.24) is 10.2 Å². The molecule has 0 fully saturated rings. The molecule has 0 saturated carbocycles. The predicted molar refractivity (Wildman–Crippen MR) is 83.8 cm³/mol. The molecule has 3 rings (SSSR count). The standard InChI is InChI=1S/C13H9Cl2N3O3S/c1-5-3-7(6(2)20-5)11(19)16-13-18-17-12(21-13)8-4-9(14)22-10(8)15/h3-4H,1-2H3,(H,16,18,19). The molecule has 0 radical (unpaired) electrons. The van der Waals surface area contributed by atoms with Crippen LogP contribution in [0.2, 0.25) is 8.67 Å². The number of hydrogen-bond donors (Lipinski definition) is 1. The minimum atomic E-state index is -0.390. The first-order valence-corrected chi connectivity index (χ1v) is 7.68. The number of hydrogen-bond acceptors (Lipinski definition) is 6. The van der Waals surface area contributed by atoms with Crippen molar-refractivity contribution in [3.63, 3.8) is 0 Å². The van der Waals surface area contributed by atoms with Crippen LogP contribution in [0.3, 0.4) is 0 Å². The molecule has 114 valence electrons. The molecular formula is C13H9Cl2N3O3S. The molecule has 0 bridgehead atoms. The van der Waals surface area contributed by atoms with Crippen molar-refractivity contribution in [2.45, 2.75) is 13.8 Å². The molecule has 3 heterocycles. The first-order chi connectivity index (χ1) is 10.4. The minimum absolute atomic E-state index is 0.0309. The van der Waals surface area contributed by atoms with Crippen molar-refractivity contribution in [3.8, 4) is 11.5 Å². The molecule has 0 saturated heterocycles. The number of thiophene rings is 1. The summed E-state index contributed by atoms with van der Waals surface area (Å²) >= 11 is 13.1. The number of furan rings is 1. The third-order valence-corrected chi connectivity index (χ3v) is 4.31. The number of aromatic nitrogens is 2. The van der Waals surface area contributed by atoms with Gasteiger partial charge in [0, 0.05) is 0 Å². The van der Waals surface area contributed by atoms with E-state index >= 15 is 0 Å². The largest absolute Gasteiger partial charge is 0.466 e. The summed E-state index contributed by atoms with van der Waals surface area (Å²) < 4.78 is 11.6. The topological polar surface area (TPSA) is 81.2 Å². The fourth-order valence-electron chi connectivity index (χ4n) is 1.89. The zero-order valence-corrected chi connectivity index (χ0v) is 13.8. The maximum Gasteiger partial charge on any atom is 0.322 e. The lowest BCUT2D eigenvalue weighted by atomic mass is 10.2. The van der Waals surface area contributed by atoms with E-state index < -0.39 is 0 Å². The first kappa shape index (κ1) is 15.1. The SMILES string of the molecule is Cc1cc(C(=O)Nc2nnc(-c3cc(Cl)sc3Cl)o2)c(C)o1. The van der Waals surface area contributed by atoms with Gasteiger partial charge in [0.1, 0.15) is 15.9 Å². The maximum atomic E-state index is 12.1. The van der Waals surface area contributed by atoms with Crippen LogP contribution in [-0.4, -0.2) is 16.1 Å². The summed E-state index contributed by atoms with van der Waals surface area (Å²) in [5, 5.41) is 10.1. The quantitative estimate of drug-likeness (QED) is 0.742. The first-order valence-electron chi connectivity index (χ1n) is 6.11. The lowest BCUT2D eigenvalue weighted by Gasteiger charge is -1.97. The average molecular weight is 358 g/mol. The summed E-state index contributed by atoms with van der Waals surface area (Å²) in [4.78, 5) is 12.1. The Labute approximate surface area is 139 Å². The van der Waals surface area contributed by atoms with Gasteiger partial charge in [0.25, 0.3) is 11.8 Å². The lowest BCUT2D eigenvalue weighted by molar-refractivity contribution is 0.102. The third kappa shape index (κ3) is 2.87. The Morgan fingerprint density at radius 1 is 1.23 bits per heavy atom. The fourth-order valence-corrected chi connectivity index (χ4v) is 3.34. The zero-order chi connectivity index (χ0) is 15.9. The average Bonchev–Trinajstić information content (AvgIpc) is 3.10. The second-order valence-electron chi connectivity index (χ2n) is 4.43. The summed E-state index contributed by atoms with van der Waals surface area (Å²) in [7, 11) is 0. The van der Waals surface area contributed by atoms with E-state index in [4.69, 9.17) is 32.0 Å². The van der Waals surface area contributed by atoms with Crippen LogP contribution in [0.4, 0.5) is 6.01 Å². The Bertz CT molecular complexity index is 853. The van der Waals surface area contributed by atoms with Gasteiger partial charge in [0.2, 0.25) is 0 Å². The summed E-state index contributed by atoms with van der Waals surface area (Å²) in [5.74, 6) is 0.957. The molecule has 3 aromatic rings. The number of amides is 1. The highest BCUT2D eigenvalue weighted by molar-refractivity contribution is 7.20. The monoisotopic (exact) mass is 357 g/mol.